The number of imidazole rings is 1. The Labute approximate surface area is 95.2 Å². The molecule has 3 aromatic heterocycles. The molecule has 0 aromatic carbocycles. The number of aromatic nitrogens is 3. The molecule has 0 saturated carbocycles. The first-order valence-electron chi connectivity index (χ1n) is 4.71. The summed E-state index contributed by atoms with van der Waals surface area (Å²) in [7, 11) is 0. The minimum Gasteiger partial charge on any atom is -0.288 e. The summed E-state index contributed by atoms with van der Waals surface area (Å²) in [6.45, 7) is 0. The third kappa shape index (κ3) is 1.33. The average molecular weight is 229 g/mol. The first-order valence-corrected chi connectivity index (χ1v) is 5.59. The summed E-state index contributed by atoms with van der Waals surface area (Å²) < 4.78 is 1.79. The van der Waals surface area contributed by atoms with E-state index < -0.39 is 0 Å². The number of ketones is 1. The van der Waals surface area contributed by atoms with Crippen LogP contribution in [-0.2, 0) is 0 Å². The van der Waals surface area contributed by atoms with Crippen LogP contribution in [0.1, 0.15) is 16.2 Å². The van der Waals surface area contributed by atoms with E-state index in [4.69, 9.17) is 0 Å². The van der Waals surface area contributed by atoms with Crippen molar-refractivity contribution in [3.63, 3.8) is 0 Å². The molecule has 0 fully saturated rings. The van der Waals surface area contributed by atoms with Crippen LogP contribution in [0.15, 0.2) is 42.3 Å². The van der Waals surface area contributed by atoms with Crippen LogP contribution in [0.2, 0.25) is 0 Å². The largest absolute Gasteiger partial charge is 0.288 e. The van der Waals surface area contributed by atoms with Crippen LogP contribution >= 0.6 is 11.3 Å². The Kier molecular flexibility index (Phi) is 2.04. The Balaban J connectivity index is 2.12. The van der Waals surface area contributed by atoms with Crippen molar-refractivity contribution in [2.75, 3.05) is 0 Å². The topological polar surface area (TPSA) is 47.3 Å². The van der Waals surface area contributed by atoms with Crippen molar-refractivity contribution in [2.24, 2.45) is 0 Å². The fraction of sp³-hybridized carbons (Fsp3) is 0. The zero-order valence-electron chi connectivity index (χ0n) is 8.20. The second-order valence-corrected chi connectivity index (χ2v) is 4.19. The van der Waals surface area contributed by atoms with Gasteiger partial charge in [-0.1, -0.05) is 0 Å². The lowest BCUT2D eigenvalue weighted by atomic mass is 10.2. The molecule has 16 heavy (non-hydrogen) atoms. The zero-order chi connectivity index (χ0) is 11.0. The third-order valence-electron chi connectivity index (χ3n) is 2.29. The molecule has 5 heteroatoms. The quantitative estimate of drug-likeness (QED) is 0.632. The van der Waals surface area contributed by atoms with Gasteiger partial charge in [0.05, 0.1) is 6.20 Å². The molecule has 0 N–H and O–H groups in total. The molecule has 3 rings (SSSR count). The number of nitrogens with zero attached hydrogens (tertiary/aromatic N) is 3. The van der Waals surface area contributed by atoms with Crippen molar-refractivity contribution in [1.29, 1.82) is 0 Å². The molecule has 0 atom stereocenters. The van der Waals surface area contributed by atoms with E-state index in [2.05, 4.69) is 9.97 Å². The normalized spacial score (nSPS) is 10.8. The lowest BCUT2D eigenvalue weighted by Crippen LogP contribution is -2.06. The number of pyridine rings is 1. The van der Waals surface area contributed by atoms with Gasteiger partial charge in [-0.05, 0) is 12.1 Å². The van der Waals surface area contributed by atoms with Crippen molar-refractivity contribution in [2.45, 2.75) is 0 Å². The number of thiazole rings is 1. The summed E-state index contributed by atoms with van der Waals surface area (Å²) in [5.41, 5.74) is 0.557. The molecule has 4 nitrogen and oxygen atoms in total. The van der Waals surface area contributed by atoms with Gasteiger partial charge in [0, 0.05) is 29.5 Å². The molecule has 0 unspecified atom stereocenters. The molecule has 0 aliphatic carbocycles. The predicted molar refractivity (Wildman–Crippen MR) is 60.7 cm³/mol. The molecule has 3 heterocycles. The molecule has 0 bridgehead atoms. The molecule has 0 spiro atoms. The van der Waals surface area contributed by atoms with Gasteiger partial charge in [-0.15, -0.1) is 11.3 Å². The molecule has 78 valence electrons. The standard InChI is InChI=1S/C11H7N3OS/c15-10(8-2-1-3-12-6-8)11-13-7-9-14(11)4-5-16-9/h1-7H. The zero-order valence-corrected chi connectivity index (χ0v) is 9.02. The van der Waals surface area contributed by atoms with Gasteiger partial charge in [-0.3, -0.25) is 14.2 Å². The molecule has 0 aliphatic rings. The Morgan fingerprint density at radius 1 is 1.38 bits per heavy atom. The molecule has 0 radical (unpaired) electrons. The van der Waals surface area contributed by atoms with E-state index in [9.17, 15) is 4.79 Å². The van der Waals surface area contributed by atoms with Crippen molar-refractivity contribution in [1.82, 2.24) is 14.4 Å². The maximum atomic E-state index is 12.1. The highest BCUT2D eigenvalue weighted by atomic mass is 32.1. The van der Waals surface area contributed by atoms with Crippen molar-refractivity contribution in [3.8, 4) is 0 Å². The summed E-state index contributed by atoms with van der Waals surface area (Å²) >= 11 is 1.55. The Morgan fingerprint density at radius 2 is 2.31 bits per heavy atom. The molecule has 3 aromatic rings. The molecular weight excluding hydrogens is 222 g/mol. The summed E-state index contributed by atoms with van der Waals surface area (Å²) in [6.07, 6.45) is 6.74. The Morgan fingerprint density at radius 3 is 3.12 bits per heavy atom. The Hall–Kier alpha value is -2.01. The van der Waals surface area contributed by atoms with E-state index in [1.54, 1.807) is 46.5 Å². The fourth-order valence-electron chi connectivity index (χ4n) is 1.53. The van der Waals surface area contributed by atoms with Crippen LogP contribution in [0.4, 0.5) is 0 Å². The summed E-state index contributed by atoms with van der Waals surface area (Å²) in [5, 5.41) is 1.93. The van der Waals surface area contributed by atoms with E-state index >= 15 is 0 Å². The number of rotatable bonds is 2. The second-order valence-electron chi connectivity index (χ2n) is 3.26. The van der Waals surface area contributed by atoms with E-state index in [1.807, 2.05) is 11.6 Å². The van der Waals surface area contributed by atoms with Crippen LogP contribution in [0.3, 0.4) is 0 Å². The third-order valence-corrected chi connectivity index (χ3v) is 3.09. The highest BCUT2D eigenvalue weighted by Crippen LogP contribution is 2.15. The van der Waals surface area contributed by atoms with Gasteiger partial charge in [-0.2, -0.15) is 0 Å². The van der Waals surface area contributed by atoms with Crippen LogP contribution in [0.5, 0.6) is 0 Å². The van der Waals surface area contributed by atoms with Gasteiger partial charge in [0.25, 0.3) is 0 Å². The smallest absolute Gasteiger partial charge is 0.230 e. The summed E-state index contributed by atoms with van der Waals surface area (Å²) in [4.78, 5) is 21.1. The van der Waals surface area contributed by atoms with Gasteiger partial charge in [0.15, 0.2) is 5.82 Å². The van der Waals surface area contributed by atoms with Gasteiger partial charge in [0.1, 0.15) is 4.83 Å². The van der Waals surface area contributed by atoms with Crippen LogP contribution in [0, 0.1) is 0 Å². The van der Waals surface area contributed by atoms with Gasteiger partial charge < -0.3 is 0 Å². The van der Waals surface area contributed by atoms with Crippen LogP contribution < -0.4 is 0 Å². The minimum atomic E-state index is -0.105. The molecule has 0 amide bonds. The van der Waals surface area contributed by atoms with E-state index in [1.165, 1.54) is 0 Å². The maximum absolute atomic E-state index is 12.1. The monoisotopic (exact) mass is 229 g/mol. The van der Waals surface area contributed by atoms with E-state index in [-0.39, 0.29) is 5.78 Å². The average Bonchev–Trinajstić information content (AvgIpc) is 2.91. The Bertz CT molecular complexity index is 641. The first-order chi connectivity index (χ1) is 7.86. The molecular formula is C11H7N3OS. The van der Waals surface area contributed by atoms with E-state index in [0.29, 0.717) is 11.4 Å². The van der Waals surface area contributed by atoms with Crippen molar-refractivity contribution < 1.29 is 4.79 Å². The summed E-state index contributed by atoms with van der Waals surface area (Å²) in [6, 6.07) is 3.48. The van der Waals surface area contributed by atoms with Crippen LogP contribution in [0.25, 0.3) is 4.83 Å². The SMILES string of the molecule is O=C(c1cccnc1)c1ncc2sccn12. The van der Waals surface area contributed by atoms with Crippen molar-refractivity contribution >= 4 is 22.0 Å². The van der Waals surface area contributed by atoms with Crippen LogP contribution in [-0.4, -0.2) is 20.2 Å². The molecule has 0 aliphatic heterocycles. The molecule has 0 saturated heterocycles. The fourth-order valence-corrected chi connectivity index (χ4v) is 2.23. The summed E-state index contributed by atoms with van der Waals surface area (Å²) in [5.74, 6) is 0.329. The second kappa shape index (κ2) is 3.53. The highest BCUT2D eigenvalue weighted by Gasteiger charge is 2.15. The van der Waals surface area contributed by atoms with Gasteiger partial charge in [0.2, 0.25) is 5.78 Å². The number of hydrogen-bond donors (Lipinski definition) is 0. The lowest BCUT2D eigenvalue weighted by Gasteiger charge is -1.97. The number of hydrogen-bond acceptors (Lipinski definition) is 4. The maximum Gasteiger partial charge on any atom is 0.230 e. The highest BCUT2D eigenvalue weighted by molar-refractivity contribution is 7.15. The van der Waals surface area contributed by atoms with Gasteiger partial charge >= 0.3 is 0 Å². The lowest BCUT2D eigenvalue weighted by molar-refractivity contribution is 0.102. The minimum absolute atomic E-state index is 0.105. The predicted octanol–water partition coefficient (Wildman–Crippen LogP) is 2.02. The number of carbonyl (C=O) groups excluding carboxylic acids is 1. The van der Waals surface area contributed by atoms with Crippen molar-refractivity contribution in [3.05, 3.63) is 53.7 Å². The van der Waals surface area contributed by atoms with E-state index in [0.717, 1.165) is 4.83 Å². The number of carbonyl (C=O) groups is 1. The first kappa shape index (κ1) is 9.23. The number of fused-ring (bicyclic) bond motifs is 1. The van der Waals surface area contributed by atoms with Gasteiger partial charge in [-0.25, -0.2) is 4.98 Å².